The summed E-state index contributed by atoms with van der Waals surface area (Å²) in [6, 6.07) is 5.16. The van der Waals surface area contributed by atoms with E-state index in [2.05, 4.69) is 12.2 Å². The molecular formula is C15H21NO2. The molecule has 0 spiro atoms. The number of phenolic OH excluding ortho intramolecular Hbond substituents is 1. The molecule has 0 aromatic heterocycles. The quantitative estimate of drug-likeness (QED) is 0.786. The fourth-order valence-corrected chi connectivity index (χ4v) is 2.50. The van der Waals surface area contributed by atoms with Crippen LogP contribution in [0.2, 0.25) is 0 Å². The average molecular weight is 247 g/mol. The lowest BCUT2D eigenvalue weighted by Crippen LogP contribution is -2.26. The molecule has 18 heavy (non-hydrogen) atoms. The van der Waals surface area contributed by atoms with Crippen molar-refractivity contribution in [2.24, 2.45) is 11.8 Å². The van der Waals surface area contributed by atoms with Crippen molar-refractivity contribution >= 4 is 11.6 Å². The zero-order chi connectivity index (χ0) is 13.1. The Morgan fingerprint density at radius 2 is 1.94 bits per heavy atom. The summed E-state index contributed by atoms with van der Waals surface area (Å²) >= 11 is 0. The Morgan fingerprint density at radius 3 is 2.56 bits per heavy atom. The van der Waals surface area contributed by atoms with Gasteiger partial charge in [0, 0.05) is 11.6 Å². The Bertz CT molecular complexity index is 434. The molecule has 0 unspecified atom stereocenters. The molecule has 1 aromatic rings. The van der Waals surface area contributed by atoms with Crippen LogP contribution in [0, 0.1) is 18.8 Å². The third-order valence-corrected chi connectivity index (χ3v) is 3.85. The monoisotopic (exact) mass is 247 g/mol. The van der Waals surface area contributed by atoms with Crippen LogP contribution in [0.4, 0.5) is 5.69 Å². The normalized spacial score (nSPS) is 23.7. The van der Waals surface area contributed by atoms with Gasteiger partial charge < -0.3 is 10.4 Å². The Hall–Kier alpha value is -1.51. The van der Waals surface area contributed by atoms with E-state index in [1.165, 1.54) is 0 Å². The zero-order valence-electron chi connectivity index (χ0n) is 11.1. The van der Waals surface area contributed by atoms with Crippen molar-refractivity contribution in [1.29, 1.82) is 0 Å². The van der Waals surface area contributed by atoms with E-state index in [-0.39, 0.29) is 17.6 Å². The van der Waals surface area contributed by atoms with Gasteiger partial charge in [-0.2, -0.15) is 0 Å². The van der Waals surface area contributed by atoms with Crippen molar-refractivity contribution in [3.8, 4) is 5.75 Å². The molecular weight excluding hydrogens is 226 g/mol. The smallest absolute Gasteiger partial charge is 0.227 e. The molecule has 0 heterocycles. The molecule has 1 saturated carbocycles. The minimum Gasteiger partial charge on any atom is -0.508 e. The summed E-state index contributed by atoms with van der Waals surface area (Å²) in [4.78, 5) is 12.1. The van der Waals surface area contributed by atoms with Crippen LogP contribution < -0.4 is 5.32 Å². The molecule has 1 amide bonds. The molecule has 2 rings (SSSR count). The van der Waals surface area contributed by atoms with Gasteiger partial charge in [0.2, 0.25) is 5.91 Å². The second-order valence-electron chi connectivity index (χ2n) is 5.45. The largest absolute Gasteiger partial charge is 0.508 e. The third kappa shape index (κ3) is 3.03. The van der Waals surface area contributed by atoms with Crippen molar-refractivity contribution in [3.05, 3.63) is 23.8 Å². The third-order valence-electron chi connectivity index (χ3n) is 3.85. The molecule has 1 fully saturated rings. The van der Waals surface area contributed by atoms with Crippen molar-refractivity contribution in [3.63, 3.8) is 0 Å². The van der Waals surface area contributed by atoms with E-state index in [1.807, 2.05) is 6.92 Å². The molecule has 98 valence electrons. The van der Waals surface area contributed by atoms with Gasteiger partial charge in [0.15, 0.2) is 0 Å². The van der Waals surface area contributed by atoms with Crippen LogP contribution >= 0.6 is 0 Å². The van der Waals surface area contributed by atoms with Gasteiger partial charge in [-0.05, 0) is 62.3 Å². The molecule has 1 aliphatic rings. The number of hydrogen-bond acceptors (Lipinski definition) is 2. The summed E-state index contributed by atoms with van der Waals surface area (Å²) in [5, 5.41) is 12.4. The Kier molecular flexibility index (Phi) is 3.90. The Balaban J connectivity index is 1.96. The van der Waals surface area contributed by atoms with Crippen LogP contribution in [0.5, 0.6) is 5.75 Å². The number of phenols is 1. The summed E-state index contributed by atoms with van der Waals surface area (Å²) < 4.78 is 0. The van der Waals surface area contributed by atoms with E-state index in [0.717, 1.165) is 42.9 Å². The number of carbonyl (C=O) groups excluding carboxylic acids is 1. The first kappa shape index (κ1) is 12.9. The first-order valence-electron chi connectivity index (χ1n) is 6.66. The molecule has 3 nitrogen and oxygen atoms in total. The van der Waals surface area contributed by atoms with Crippen LogP contribution in [0.1, 0.15) is 38.2 Å². The van der Waals surface area contributed by atoms with E-state index in [4.69, 9.17) is 0 Å². The summed E-state index contributed by atoms with van der Waals surface area (Å²) in [6.45, 7) is 4.07. The number of hydrogen-bond donors (Lipinski definition) is 2. The van der Waals surface area contributed by atoms with E-state index >= 15 is 0 Å². The van der Waals surface area contributed by atoms with Gasteiger partial charge in [0.05, 0.1) is 0 Å². The van der Waals surface area contributed by atoms with Crippen LogP contribution in [0.25, 0.3) is 0 Å². The number of amides is 1. The van der Waals surface area contributed by atoms with Gasteiger partial charge in [-0.3, -0.25) is 4.79 Å². The highest BCUT2D eigenvalue weighted by atomic mass is 16.3. The minimum atomic E-state index is 0.118. The van der Waals surface area contributed by atoms with Crippen molar-refractivity contribution < 1.29 is 9.90 Å². The lowest BCUT2D eigenvalue weighted by Gasteiger charge is -2.25. The molecule has 2 N–H and O–H groups in total. The zero-order valence-corrected chi connectivity index (χ0v) is 11.1. The predicted molar refractivity (Wildman–Crippen MR) is 72.6 cm³/mol. The van der Waals surface area contributed by atoms with Gasteiger partial charge in [-0.15, -0.1) is 0 Å². The molecule has 3 heteroatoms. The number of carbonyl (C=O) groups is 1. The van der Waals surface area contributed by atoms with E-state index in [1.54, 1.807) is 18.2 Å². The SMILES string of the molecule is Cc1cc(NC(=O)C2CCC(C)CC2)ccc1O. The fourth-order valence-electron chi connectivity index (χ4n) is 2.50. The average Bonchev–Trinajstić information content (AvgIpc) is 2.34. The van der Waals surface area contributed by atoms with E-state index in [0.29, 0.717) is 0 Å². The van der Waals surface area contributed by atoms with Crippen LogP contribution in [-0.4, -0.2) is 11.0 Å². The fraction of sp³-hybridized carbons (Fsp3) is 0.533. The number of anilines is 1. The number of rotatable bonds is 2. The van der Waals surface area contributed by atoms with E-state index in [9.17, 15) is 9.90 Å². The second kappa shape index (κ2) is 5.42. The number of aromatic hydroxyl groups is 1. The lowest BCUT2D eigenvalue weighted by atomic mass is 9.82. The van der Waals surface area contributed by atoms with Crippen LogP contribution in [0.3, 0.4) is 0 Å². The van der Waals surface area contributed by atoms with Crippen molar-refractivity contribution in [2.75, 3.05) is 5.32 Å². The van der Waals surface area contributed by atoms with Crippen LogP contribution in [-0.2, 0) is 4.79 Å². The topological polar surface area (TPSA) is 49.3 Å². The number of benzene rings is 1. The maximum atomic E-state index is 12.1. The summed E-state index contributed by atoms with van der Waals surface area (Å²) in [7, 11) is 0. The molecule has 0 aliphatic heterocycles. The molecule has 0 atom stereocenters. The van der Waals surface area contributed by atoms with Gasteiger partial charge in [0.25, 0.3) is 0 Å². The van der Waals surface area contributed by atoms with Gasteiger partial charge in [-0.1, -0.05) is 6.92 Å². The molecule has 0 saturated heterocycles. The molecule has 1 aliphatic carbocycles. The second-order valence-corrected chi connectivity index (χ2v) is 5.45. The Morgan fingerprint density at radius 1 is 1.28 bits per heavy atom. The lowest BCUT2D eigenvalue weighted by molar-refractivity contribution is -0.121. The maximum absolute atomic E-state index is 12.1. The highest BCUT2D eigenvalue weighted by Gasteiger charge is 2.24. The van der Waals surface area contributed by atoms with E-state index < -0.39 is 0 Å². The summed E-state index contributed by atoms with van der Waals surface area (Å²) in [5.41, 5.74) is 1.55. The van der Waals surface area contributed by atoms with Gasteiger partial charge in [-0.25, -0.2) is 0 Å². The first-order chi connectivity index (χ1) is 8.56. The molecule has 0 radical (unpaired) electrons. The molecule has 0 bridgehead atoms. The summed E-state index contributed by atoms with van der Waals surface area (Å²) in [5.74, 6) is 1.28. The molecule has 1 aromatic carbocycles. The summed E-state index contributed by atoms with van der Waals surface area (Å²) in [6.07, 6.45) is 4.27. The highest BCUT2D eigenvalue weighted by molar-refractivity contribution is 5.92. The Labute approximate surface area is 108 Å². The van der Waals surface area contributed by atoms with Crippen molar-refractivity contribution in [2.45, 2.75) is 39.5 Å². The van der Waals surface area contributed by atoms with Crippen molar-refractivity contribution in [1.82, 2.24) is 0 Å². The van der Waals surface area contributed by atoms with Gasteiger partial charge >= 0.3 is 0 Å². The predicted octanol–water partition coefficient (Wildman–Crippen LogP) is 3.47. The minimum absolute atomic E-state index is 0.118. The number of aryl methyl sites for hydroxylation is 1. The van der Waals surface area contributed by atoms with Gasteiger partial charge in [0.1, 0.15) is 5.75 Å². The first-order valence-corrected chi connectivity index (χ1v) is 6.66. The number of nitrogens with one attached hydrogen (secondary N) is 1. The standard InChI is InChI=1S/C15H21NO2/c1-10-3-5-12(6-4-10)15(18)16-13-7-8-14(17)11(2)9-13/h7-10,12,17H,3-6H2,1-2H3,(H,16,18). The highest BCUT2D eigenvalue weighted by Crippen LogP contribution is 2.29. The maximum Gasteiger partial charge on any atom is 0.227 e. The van der Waals surface area contributed by atoms with Crippen LogP contribution in [0.15, 0.2) is 18.2 Å².